The zero-order chi connectivity index (χ0) is 15.5. The number of piperidine rings is 1. The van der Waals surface area contributed by atoms with Gasteiger partial charge in [0, 0.05) is 25.4 Å². The van der Waals surface area contributed by atoms with Crippen molar-refractivity contribution < 1.29 is 14.3 Å². The molecule has 0 radical (unpaired) electrons. The zero-order valence-electron chi connectivity index (χ0n) is 12.0. The number of aromatic nitrogens is 2. The average molecular weight is 369 g/mol. The van der Waals surface area contributed by atoms with E-state index in [1.165, 1.54) is 0 Å². The van der Waals surface area contributed by atoms with Gasteiger partial charge in [-0.15, -0.1) is 0 Å². The number of likely N-dealkylation sites (tertiary alicyclic amines) is 1. The Bertz CT molecular complexity index is 566. The van der Waals surface area contributed by atoms with Crippen molar-refractivity contribution in [2.24, 2.45) is 0 Å². The molecule has 2 aliphatic heterocycles. The van der Waals surface area contributed by atoms with Gasteiger partial charge in [-0.1, -0.05) is 0 Å². The van der Waals surface area contributed by atoms with Crippen LogP contribution in [-0.4, -0.2) is 51.9 Å². The minimum absolute atomic E-state index is 0.0177. The Hall–Kier alpha value is -1.70. The predicted octanol–water partition coefficient (Wildman–Crippen LogP) is 0.887. The molecular weight excluding hydrogens is 352 g/mol. The predicted molar refractivity (Wildman–Crippen MR) is 81.1 cm³/mol. The number of rotatable bonds is 3. The third kappa shape index (κ3) is 3.55. The van der Waals surface area contributed by atoms with Gasteiger partial charge < -0.3 is 15.0 Å². The van der Waals surface area contributed by atoms with Gasteiger partial charge in [0.05, 0.1) is 11.0 Å². The Morgan fingerprint density at radius 2 is 2.14 bits per heavy atom. The molecule has 1 N–H and O–H groups in total. The fourth-order valence-corrected chi connectivity index (χ4v) is 2.97. The molecule has 7 nitrogen and oxygen atoms in total. The van der Waals surface area contributed by atoms with Crippen LogP contribution in [0.25, 0.3) is 0 Å². The summed E-state index contributed by atoms with van der Waals surface area (Å²) in [7, 11) is 0. The Morgan fingerprint density at radius 1 is 1.36 bits per heavy atom. The molecule has 3 heterocycles. The lowest BCUT2D eigenvalue weighted by Gasteiger charge is -2.33. The molecule has 2 fully saturated rings. The fraction of sp³-hybridized carbons (Fsp3) is 0.571. The van der Waals surface area contributed by atoms with Crippen LogP contribution in [0, 0.1) is 0 Å². The summed E-state index contributed by atoms with van der Waals surface area (Å²) in [6, 6.07) is -0.0631. The third-order valence-electron chi connectivity index (χ3n) is 3.85. The van der Waals surface area contributed by atoms with Crippen molar-refractivity contribution in [1.29, 1.82) is 0 Å². The molecule has 0 bridgehead atoms. The Kier molecular flexibility index (Phi) is 4.56. The summed E-state index contributed by atoms with van der Waals surface area (Å²) in [5, 5.41) is 2.72. The molecule has 1 aromatic rings. The molecule has 2 saturated heterocycles. The first-order chi connectivity index (χ1) is 10.6. The lowest BCUT2D eigenvalue weighted by molar-refractivity contribution is -0.136. The van der Waals surface area contributed by atoms with Gasteiger partial charge in [-0.05, 0) is 35.2 Å². The number of amides is 2. The number of hydrogen-bond acceptors (Lipinski definition) is 5. The molecule has 2 unspecified atom stereocenters. The molecule has 2 amide bonds. The summed E-state index contributed by atoms with van der Waals surface area (Å²) >= 11 is 3.27. The molecule has 118 valence electrons. The fourth-order valence-electron chi connectivity index (χ4n) is 2.76. The second kappa shape index (κ2) is 6.60. The van der Waals surface area contributed by atoms with Crippen molar-refractivity contribution >= 4 is 27.7 Å². The van der Waals surface area contributed by atoms with Crippen molar-refractivity contribution in [2.75, 3.05) is 13.1 Å². The molecule has 0 saturated carbocycles. The van der Waals surface area contributed by atoms with Gasteiger partial charge >= 0.3 is 6.01 Å². The number of nitrogens with zero attached hydrogens (tertiary/aromatic N) is 3. The first-order valence-corrected chi connectivity index (χ1v) is 8.13. The van der Waals surface area contributed by atoms with E-state index in [9.17, 15) is 9.59 Å². The summed E-state index contributed by atoms with van der Waals surface area (Å²) in [6.45, 7) is 1.21. The van der Waals surface area contributed by atoms with E-state index in [4.69, 9.17) is 4.74 Å². The maximum atomic E-state index is 12.4. The van der Waals surface area contributed by atoms with Gasteiger partial charge in [-0.3, -0.25) is 9.59 Å². The molecule has 0 aliphatic carbocycles. The minimum Gasteiger partial charge on any atom is -0.458 e. The number of hydrogen-bond donors (Lipinski definition) is 1. The largest absolute Gasteiger partial charge is 0.458 e. The van der Waals surface area contributed by atoms with E-state index in [1.807, 2.05) is 0 Å². The Morgan fingerprint density at radius 3 is 2.82 bits per heavy atom. The van der Waals surface area contributed by atoms with E-state index in [-0.39, 0.29) is 24.0 Å². The molecule has 0 aromatic carbocycles. The second-order valence-corrected chi connectivity index (χ2v) is 6.42. The highest BCUT2D eigenvalue weighted by molar-refractivity contribution is 9.10. The van der Waals surface area contributed by atoms with Crippen LogP contribution in [0.4, 0.5) is 0 Å². The van der Waals surface area contributed by atoms with E-state index >= 15 is 0 Å². The van der Waals surface area contributed by atoms with E-state index in [0.29, 0.717) is 31.9 Å². The molecule has 3 rings (SSSR count). The molecule has 1 aromatic heterocycles. The summed E-state index contributed by atoms with van der Waals surface area (Å²) in [6.07, 6.45) is 5.88. The Balaban J connectivity index is 1.58. The molecule has 8 heteroatoms. The number of nitrogens with one attached hydrogen (secondary N) is 1. The van der Waals surface area contributed by atoms with Crippen LogP contribution in [0.5, 0.6) is 6.01 Å². The van der Waals surface area contributed by atoms with Crippen LogP contribution >= 0.6 is 15.9 Å². The first kappa shape index (κ1) is 15.2. The summed E-state index contributed by atoms with van der Waals surface area (Å²) in [5.41, 5.74) is 0. The highest BCUT2D eigenvalue weighted by atomic mass is 79.9. The smallest absolute Gasteiger partial charge is 0.316 e. The van der Waals surface area contributed by atoms with Crippen LogP contribution in [0.15, 0.2) is 16.9 Å². The van der Waals surface area contributed by atoms with Crippen LogP contribution in [-0.2, 0) is 9.59 Å². The Labute approximate surface area is 136 Å². The quantitative estimate of drug-likeness (QED) is 0.856. The highest BCUT2D eigenvalue weighted by Gasteiger charge is 2.33. The topological polar surface area (TPSA) is 84.4 Å². The van der Waals surface area contributed by atoms with Gasteiger partial charge in [0.25, 0.3) is 0 Å². The monoisotopic (exact) mass is 368 g/mol. The standard InChI is InChI=1S/C14H17BrN4O3/c15-9-6-16-14(17-7-9)22-10-2-1-5-19(8-10)13(21)11-3-4-12(20)18-11/h6-7,10-11H,1-5,8H2,(H,18,20). The van der Waals surface area contributed by atoms with Crippen LogP contribution < -0.4 is 10.1 Å². The minimum atomic E-state index is -0.379. The van der Waals surface area contributed by atoms with Crippen LogP contribution in [0.2, 0.25) is 0 Å². The molecule has 2 atom stereocenters. The zero-order valence-corrected chi connectivity index (χ0v) is 13.6. The van der Waals surface area contributed by atoms with Crippen molar-refractivity contribution in [3.05, 3.63) is 16.9 Å². The van der Waals surface area contributed by atoms with Gasteiger partial charge in [0.2, 0.25) is 11.8 Å². The number of carbonyl (C=O) groups is 2. The van der Waals surface area contributed by atoms with Gasteiger partial charge in [-0.25, -0.2) is 9.97 Å². The van der Waals surface area contributed by atoms with Crippen LogP contribution in [0.1, 0.15) is 25.7 Å². The van der Waals surface area contributed by atoms with Crippen molar-refractivity contribution in [3.8, 4) is 6.01 Å². The molecule has 22 heavy (non-hydrogen) atoms. The number of carbonyl (C=O) groups excluding carboxylic acids is 2. The normalized spacial score (nSPS) is 25.0. The highest BCUT2D eigenvalue weighted by Crippen LogP contribution is 2.18. The van der Waals surface area contributed by atoms with Gasteiger partial charge in [-0.2, -0.15) is 0 Å². The third-order valence-corrected chi connectivity index (χ3v) is 4.26. The number of halogens is 1. The van der Waals surface area contributed by atoms with Gasteiger partial charge in [0.1, 0.15) is 12.1 Å². The SMILES string of the molecule is O=C1CCC(C(=O)N2CCCC(Oc3ncc(Br)cn3)C2)N1. The van der Waals surface area contributed by atoms with Gasteiger partial charge in [0.15, 0.2) is 0 Å². The summed E-state index contributed by atoms with van der Waals surface area (Å²) in [4.78, 5) is 33.6. The molecule has 2 aliphatic rings. The summed E-state index contributed by atoms with van der Waals surface area (Å²) < 4.78 is 6.54. The first-order valence-electron chi connectivity index (χ1n) is 7.34. The van der Waals surface area contributed by atoms with Crippen molar-refractivity contribution in [1.82, 2.24) is 20.2 Å². The van der Waals surface area contributed by atoms with E-state index < -0.39 is 0 Å². The molecular formula is C14H17BrN4O3. The van der Waals surface area contributed by atoms with Crippen LogP contribution in [0.3, 0.4) is 0 Å². The number of ether oxygens (including phenoxy) is 1. The maximum absolute atomic E-state index is 12.4. The van der Waals surface area contributed by atoms with Crippen molar-refractivity contribution in [2.45, 2.75) is 37.8 Å². The molecule has 0 spiro atoms. The summed E-state index contributed by atoms with van der Waals surface area (Å²) in [5.74, 6) is -0.0673. The lowest BCUT2D eigenvalue weighted by Crippen LogP contribution is -2.50. The second-order valence-electron chi connectivity index (χ2n) is 5.51. The van der Waals surface area contributed by atoms with E-state index in [2.05, 4.69) is 31.2 Å². The lowest BCUT2D eigenvalue weighted by atomic mass is 10.1. The van der Waals surface area contributed by atoms with E-state index in [1.54, 1.807) is 17.3 Å². The average Bonchev–Trinajstić information content (AvgIpc) is 2.96. The van der Waals surface area contributed by atoms with E-state index in [0.717, 1.165) is 17.3 Å². The van der Waals surface area contributed by atoms with Crippen molar-refractivity contribution in [3.63, 3.8) is 0 Å². The maximum Gasteiger partial charge on any atom is 0.316 e.